The first-order valence-electron chi connectivity index (χ1n) is 8.77. The molecule has 21 heavy (non-hydrogen) atoms. The van der Waals surface area contributed by atoms with Crippen molar-refractivity contribution in [3.05, 3.63) is 29.8 Å². The Kier molecular flexibility index (Phi) is 7.08. The van der Waals surface area contributed by atoms with Crippen molar-refractivity contribution in [3.63, 3.8) is 0 Å². The molecule has 1 aliphatic rings. The van der Waals surface area contributed by atoms with Gasteiger partial charge < -0.3 is 10.1 Å². The van der Waals surface area contributed by atoms with Crippen molar-refractivity contribution in [2.45, 2.75) is 71.4 Å². The van der Waals surface area contributed by atoms with Crippen LogP contribution >= 0.6 is 0 Å². The molecule has 0 atom stereocenters. The molecule has 1 fully saturated rings. The van der Waals surface area contributed by atoms with Crippen molar-refractivity contribution in [1.82, 2.24) is 5.32 Å². The van der Waals surface area contributed by atoms with E-state index in [4.69, 9.17) is 4.74 Å². The van der Waals surface area contributed by atoms with Gasteiger partial charge in [-0.1, -0.05) is 38.8 Å². The Morgan fingerprint density at radius 2 is 1.90 bits per heavy atom. The topological polar surface area (TPSA) is 21.3 Å². The zero-order chi connectivity index (χ0) is 14.9. The molecule has 0 aromatic heterocycles. The molecule has 0 spiro atoms. The van der Waals surface area contributed by atoms with E-state index in [1.54, 1.807) is 0 Å². The lowest BCUT2D eigenvalue weighted by Crippen LogP contribution is -2.32. The zero-order valence-corrected chi connectivity index (χ0v) is 13.7. The normalized spacial score (nSPS) is 22.2. The van der Waals surface area contributed by atoms with Gasteiger partial charge in [0.25, 0.3) is 0 Å². The van der Waals surface area contributed by atoms with Crippen LogP contribution < -0.4 is 10.1 Å². The number of hydrogen-bond donors (Lipinski definition) is 1. The van der Waals surface area contributed by atoms with E-state index in [9.17, 15) is 0 Å². The summed E-state index contributed by atoms with van der Waals surface area (Å²) in [4.78, 5) is 0. The molecule has 1 N–H and O–H groups in total. The van der Waals surface area contributed by atoms with E-state index >= 15 is 0 Å². The van der Waals surface area contributed by atoms with Crippen LogP contribution in [0.25, 0.3) is 0 Å². The summed E-state index contributed by atoms with van der Waals surface area (Å²) in [6, 6.07) is 9.22. The highest BCUT2D eigenvalue weighted by Crippen LogP contribution is 2.27. The first kappa shape index (κ1) is 16.4. The summed E-state index contributed by atoms with van der Waals surface area (Å²) in [5.41, 5.74) is 1.33. The average Bonchev–Trinajstić information content (AvgIpc) is 2.53. The molecule has 0 bridgehead atoms. The van der Waals surface area contributed by atoms with E-state index in [1.165, 1.54) is 44.1 Å². The van der Waals surface area contributed by atoms with Crippen molar-refractivity contribution < 1.29 is 4.74 Å². The van der Waals surface area contributed by atoms with Gasteiger partial charge in [-0.25, -0.2) is 0 Å². The second kappa shape index (κ2) is 9.09. The van der Waals surface area contributed by atoms with Crippen LogP contribution in [0.5, 0.6) is 5.75 Å². The zero-order valence-electron chi connectivity index (χ0n) is 13.7. The quantitative estimate of drug-likeness (QED) is 0.733. The molecule has 118 valence electrons. The maximum atomic E-state index is 5.70. The van der Waals surface area contributed by atoms with Gasteiger partial charge in [0, 0.05) is 12.6 Å². The lowest BCUT2D eigenvalue weighted by molar-refractivity contribution is 0.277. The predicted molar refractivity (Wildman–Crippen MR) is 89.7 cm³/mol. The minimum Gasteiger partial charge on any atom is -0.494 e. The second-order valence-corrected chi connectivity index (χ2v) is 6.38. The summed E-state index contributed by atoms with van der Waals surface area (Å²) in [5.74, 6) is 1.99. The van der Waals surface area contributed by atoms with Crippen molar-refractivity contribution in [2.75, 3.05) is 6.61 Å². The number of benzene rings is 1. The third-order valence-electron chi connectivity index (χ3n) is 4.51. The molecule has 0 radical (unpaired) electrons. The summed E-state index contributed by atoms with van der Waals surface area (Å²) in [7, 11) is 0. The van der Waals surface area contributed by atoms with E-state index in [-0.39, 0.29) is 0 Å². The first-order valence-corrected chi connectivity index (χ1v) is 8.77. The van der Waals surface area contributed by atoms with Gasteiger partial charge in [0.15, 0.2) is 0 Å². The highest BCUT2D eigenvalue weighted by Gasteiger charge is 2.19. The number of ether oxygens (including phenoxy) is 1. The average molecular weight is 289 g/mol. The minimum atomic E-state index is 0.707. The van der Waals surface area contributed by atoms with E-state index in [0.29, 0.717) is 6.04 Å². The van der Waals surface area contributed by atoms with Crippen LogP contribution in [0.15, 0.2) is 24.3 Å². The number of rotatable bonds is 8. The summed E-state index contributed by atoms with van der Waals surface area (Å²) in [5, 5.41) is 3.73. The molecule has 0 aliphatic heterocycles. The standard InChI is InChI=1S/C19H31NO/c1-3-6-16-9-11-18(12-10-16)20-15-17-7-5-8-19(14-17)21-13-4-2/h5,7-8,14,16,18,20H,3-4,6,9-13,15H2,1-2H3. The highest BCUT2D eigenvalue weighted by atomic mass is 16.5. The van der Waals surface area contributed by atoms with E-state index in [2.05, 4.69) is 43.4 Å². The molecule has 2 rings (SSSR count). The lowest BCUT2D eigenvalue weighted by atomic mass is 9.83. The van der Waals surface area contributed by atoms with Crippen LogP contribution in [0.1, 0.15) is 64.4 Å². The van der Waals surface area contributed by atoms with Gasteiger partial charge in [-0.2, -0.15) is 0 Å². The molecule has 1 saturated carbocycles. The second-order valence-electron chi connectivity index (χ2n) is 6.38. The Hall–Kier alpha value is -1.02. The molecule has 1 aromatic carbocycles. The van der Waals surface area contributed by atoms with Crippen LogP contribution in [0.2, 0.25) is 0 Å². The molecule has 2 nitrogen and oxygen atoms in total. The molecule has 2 heteroatoms. The van der Waals surface area contributed by atoms with Gasteiger partial charge in [-0.15, -0.1) is 0 Å². The molecule has 0 saturated heterocycles. The fraction of sp³-hybridized carbons (Fsp3) is 0.684. The van der Waals surface area contributed by atoms with Crippen molar-refractivity contribution in [2.24, 2.45) is 5.92 Å². The Balaban J connectivity index is 1.73. The monoisotopic (exact) mass is 289 g/mol. The third-order valence-corrected chi connectivity index (χ3v) is 4.51. The first-order chi connectivity index (χ1) is 10.3. The van der Waals surface area contributed by atoms with Gasteiger partial charge >= 0.3 is 0 Å². The van der Waals surface area contributed by atoms with Gasteiger partial charge in [0.1, 0.15) is 5.75 Å². The Bertz CT molecular complexity index is 396. The molecule has 1 aliphatic carbocycles. The Morgan fingerprint density at radius 3 is 2.62 bits per heavy atom. The minimum absolute atomic E-state index is 0.707. The van der Waals surface area contributed by atoms with Crippen LogP contribution in [-0.4, -0.2) is 12.6 Å². The van der Waals surface area contributed by atoms with E-state index in [1.807, 2.05) is 0 Å². The Morgan fingerprint density at radius 1 is 1.10 bits per heavy atom. The summed E-state index contributed by atoms with van der Waals surface area (Å²) < 4.78 is 5.70. The van der Waals surface area contributed by atoms with Crippen LogP contribution in [0, 0.1) is 5.92 Å². The van der Waals surface area contributed by atoms with Crippen molar-refractivity contribution in [3.8, 4) is 5.75 Å². The Labute approximate surface area is 130 Å². The fourth-order valence-corrected chi connectivity index (χ4v) is 3.29. The largest absolute Gasteiger partial charge is 0.494 e. The number of hydrogen-bond acceptors (Lipinski definition) is 2. The molecular formula is C19H31NO. The summed E-state index contributed by atoms with van der Waals surface area (Å²) in [6.45, 7) is 6.21. The lowest BCUT2D eigenvalue weighted by Gasteiger charge is -2.29. The van der Waals surface area contributed by atoms with Gasteiger partial charge in [-0.3, -0.25) is 0 Å². The van der Waals surface area contributed by atoms with Gasteiger partial charge in [-0.05, 0) is 55.7 Å². The maximum absolute atomic E-state index is 5.70. The summed E-state index contributed by atoms with van der Waals surface area (Å²) in [6.07, 6.45) is 9.32. The van der Waals surface area contributed by atoms with Crippen molar-refractivity contribution >= 4 is 0 Å². The van der Waals surface area contributed by atoms with Crippen LogP contribution in [0.4, 0.5) is 0 Å². The van der Waals surface area contributed by atoms with E-state index < -0.39 is 0 Å². The molecule has 1 aromatic rings. The van der Waals surface area contributed by atoms with E-state index in [0.717, 1.165) is 31.2 Å². The summed E-state index contributed by atoms with van der Waals surface area (Å²) >= 11 is 0. The van der Waals surface area contributed by atoms with Crippen molar-refractivity contribution in [1.29, 1.82) is 0 Å². The van der Waals surface area contributed by atoms with Gasteiger partial charge in [0.05, 0.1) is 6.61 Å². The van der Waals surface area contributed by atoms with Gasteiger partial charge in [0.2, 0.25) is 0 Å². The fourth-order valence-electron chi connectivity index (χ4n) is 3.29. The maximum Gasteiger partial charge on any atom is 0.119 e. The van der Waals surface area contributed by atoms with Crippen LogP contribution in [0.3, 0.4) is 0 Å². The highest BCUT2D eigenvalue weighted by molar-refractivity contribution is 5.28. The number of nitrogens with one attached hydrogen (secondary N) is 1. The third kappa shape index (κ3) is 5.70. The molecular weight excluding hydrogens is 258 g/mol. The molecule has 0 heterocycles. The SMILES string of the molecule is CCCOc1cccc(CNC2CCC(CCC)CC2)c1. The molecule has 0 amide bonds. The smallest absolute Gasteiger partial charge is 0.119 e. The van der Waals surface area contributed by atoms with Crippen LogP contribution in [-0.2, 0) is 6.54 Å². The molecule has 0 unspecified atom stereocenters. The predicted octanol–water partition coefficient (Wildman–Crippen LogP) is 4.92.